The summed E-state index contributed by atoms with van der Waals surface area (Å²) in [6, 6.07) is 0. The zero-order valence-electron chi connectivity index (χ0n) is 39.5. The molecule has 0 rings (SSSR count). The fraction of sp³-hybridized carbons (Fsp3) is 0.920. The zero-order chi connectivity index (χ0) is 43.9. The minimum absolute atomic E-state index is 0.0567. The number of rotatable bonds is 49. The zero-order valence-corrected chi connectivity index (χ0v) is 40.4. The van der Waals surface area contributed by atoms with Gasteiger partial charge in [-0.1, -0.05) is 225 Å². The highest BCUT2D eigenvalue weighted by molar-refractivity contribution is 7.47. The van der Waals surface area contributed by atoms with E-state index in [9.17, 15) is 19.0 Å². The molecule has 9 nitrogen and oxygen atoms in total. The van der Waals surface area contributed by atoms with Crippen LogP contribution >= 0.6 is 7.82 Å². The predicted molar refractivity (Wildman–Crippen MR) is 252 cm³/mol. The lowest BCUT2D eigenvalue weighted by Gasteiger charge is -2.19. The van der Waals surface area contributed by atoms with Gasteiger partial charge in [0.05, 0.1) is 13.2 Å². The maximum Gasteiger partial charge on any atom is 0.472 e. The number of ether oxygens (including phenoxy) is 2. The molecule has 0 aromatic heterocycles. The molecule has 60 heavy (non-hydrogen) atoms. The van der Waals surface area contributed by atoms with E-state index in [1.807, 2.05) is 0 Å². The SMILES string of the molecule is CCCCCCCC/C=C/CCCCCCCCCCCCCC(=O)OC[C@H](COP(=O)(O)OCCN)OC(=O)CCCCCCCCCCCCCCCCCCCC. The normalized spacial score (nSPS) is 13.2. The number of carbonyl (C=O) groups excluding carboxylic acids is 2. The van der Waals surface area contributed by atoms with Crippen molar-refractivity contribution in [2.75, 3.05) is 26.4 Å². The Hall–Kier alpha value is -1.25. The van der Waals surface area contributed by atoms with E-state index in [0.29, 0.717) is 6.42 Å². The van der Waals surface area contributed by atoms with Crippen LogP contribution in [-0.2, 0) is 32.7 Å². The van der Waals surface area contributed by atoms with Gasteiger partial charge in [0.2, 0.25) is 0 Å². The highest BCUT2D eigenvalue weighted by Crippen LogP contribution is 2.43. The first-order chi connectivity index (χ1) is 29.3. The molecule has 0 spiro atoms. The smallest absolute Gasteiger partial charge is 0.462 e. The van der Waals surface area contributed by atoms with E-state index in [2.05, 4.69) is 26.0 Å². The molecular formula is C50H98NO8P. The van der Waals surface area contributed by atoms with Gasteiger partial charge >= 0.3 is 19.8 Å². The third-order valence-corrected chi connectivity index (χ3v) is 12.4. The summed E-state index contributed by atoms with van der Waals surface area (Å²) in [6.07, 6.45) is 51.0. The molecule has 0 aliphatic carbocycles. The Kier molecular flexibility index (Phi) is 46.3. The third-order valence-electron chi connectivity index (χ3n) is 11.4. The monoisotopic (exact) mass is 872 g/mol. The minimum Gasteiger partial charge on any atom is -0.462 e. The van der Waals surface area contributed by atoms with Gasteiger partial charge in [-0.3, -0.25) is 18.6 Å². The van der Waals surface area contributed by atoms with Crippen molar-refractivity contribution < 1.29 is 37.6 Å². The van der Waals surface area contributed by atoms with Gasteiger partial charge in [0, 0.05) is 19.4 Å². The summed E-state index contributed by atoms with van der Waals surface area (Å²) in [5.74, 6) is -0.812. The molecule has 10 heteroatoms. The number of esters is 2. The summed E-state index contributed by atoms with van der Waals surface area (Å²) in [5, 5.41) is 0. The molecule has 0 aliphatic heterocycles. The molecule has 0 heterocycles. The average Bonchev–Trinajstić information content (AvgIpc) is 3.24. The fourth-order valence-corrected chi connectivity index (χ4v) is 8.34. The molecule has 0 bridgehead atoms. The van der Waals surface area contributed by atoms with Crippen molar-refractivity contribution in [1.29, 1.82) is 0 Å². The number of phosphoric acid groups is 1. The summed E-state index contributed by atoms with van der Waals surface area (Å²) in [7, 11) is -4.38. The minimum atomic E-state index is -4.38. The highest BCUT2D eigenvalue weighted by atomic mass is 31.2. The number of phosphoric ester groups is 1. The Balaban J connectivity index is 4.00. The molecule has 2 atom stereocenters. The molecule has 356 valence electrons. The van der Waals surface area contributed by atoms with E-state index in [0.717, 1.165) is 32.1 Å². The van der Waals surface area contributed by atoms with Crippen molar-refractivity contribution in [3.05, 3.63) is 12.2 Å². The number of hydrogen-bond acceptors (Lipinski definition) is 8. The van der Waals surface area contributed by atoms with Crippen LogP contribution in [0.4, 0.5) is 0 Å². The quantitative estimate of drug-likeness (QED) is 0.0265. The average molecular weight is 872 g/mol. The van der Waals surface area contributed by atoms with Crippen molar-refractivity contribution in [1.82, 2.24) is 0 Å². The van der Waals surface area contributed by atoms with Crippen molar-refractivity contribution in [3.8, 4) is 0 Å². The molecule has 1 unspecified atom stereocenters. The predicted octanol–water partition coefficient (Wildman–Crippen LogP) is 15.3. The van der Waals surface area contributed by atoms with E-state index in [1.54, 1.807) is 0 Å². The molecule has 0 saturated carbocycles. The fourth-order valence-electron chi connectivity index (χ4n) is 7.57. The van der Waals surface area contributed by atoms with Crippen LogP contribution in [0, 0.1) is 0 Å². The summed E-state index contributed by atoms with van der Waals surface area (Å²) < 4.78 is 32.9. The van der Waals surface area contributed by atoms with Crippen LogP contribution in [0.15, 0.2) is 12.2 Å². The first-order valence-corrected chi connectivity index (χ1v) is 27.2. The Bertz CT molecular complexity index is 995. The first kappa shape index (κ1) is 58.8. The number of carbonyl (C=O) groups is 2. The van der Waals surface area contributed by atoms with Crippen LogP contribution in [0.3, 0.4) is 0 Å². The van der Waals surface area contributed by atoms with E-state index in [4.69, 9.17) is 24.3 Å². The molecule has 0 saturated heterocycles. The second-order valence-electron chi connectivity index (χ2n) is 17.4. The van der Waals surface area contributed by atoms with E-state index in [-0.39, 0.29) is 38.6 Å². The van der Waals surface area contributed by atoms with Crippen LogP contribution in [0.5, 0.6) is 0 Å². The van der Waals surface area contributed by atoms with Gasteiger partial charge in [-0.25, -0.2) is 4.57 Å². The van der Waals surface area contributed by atoms with Gasteiger partial charge in [0.15, 0.2) is 6.10 Å². The molecule has 0 amide bonds. The second kappa shape index (κ2) is 47.2. The van der Waals surface area contributed by atoms with Gasteiger partial charge in [-0.15, -0.1) is 0 Å². The van der Waals surface area contributed by atoms with Crippen LogP contribution in [-0.4, -0.2) is 49.3 Å². The van der Waals surface area contributed by atoms with Gasteiger partial charge in [-0.2, -0.15) is 0 Å². The maximum atomic E-state index is 12.6. The third kappa shape index (κ3) is 46.3. The Morgan fingerprint density at radius 3 is 1.18 bits per heavy atom. The largest absolute Gasteiger partial charge is 0.472 e. The molecule has 0 aromatic carbocycles. The van der Waals surface area contributed by atoms with Gasteiger partial charge in [-0.05, 0) is 38.5 Å². The lowest BCUT2D eigenvalue weighted by Crippen LogP contribution is -2.29. The van der Waals surface area contributed by atoms with E-state index >= 15 is 0 Å². The van der Waals surface area contributed by atoms with Crippen LogP contribution < -0.4 is 5.73 Å². The lowest BCUT2D eigenvalue weighted by molar-refractivity contribution is -0.161. The first-order valence-electron chi connectivity index (χ1n) is 25.7. The summed E-state index contributed by atoms with van der Waals surface area (Å²) in [5.41, 5.74) is 5.37. The Labute approximate surface area is 370 Å². The molecule has 3 N–H and O–H groups in total. The highest BCUT2D eigenvalue weighted by Gasteiger charge is 2.26. The van der Waals surface area contributed by atoms with Gasteiger partial charge in [0.25, 0.3) is 0 Å². The Morgan fingerprint density at radius 1 is 0.483 bits per heavy atom. The van der Waals surface area contributed by atoms with Crippen molar-refractivity contribution >= 4 is 19.8 Å². The van der Waals surface area contributed by atoms with Gasteiger partial charge in [0.1, 0.15) is 6.61 Å². The number of allylic oxidation sites excluding steroid dienone is 2. The van der Waals surface area contributed by atoms with Crippen molar-refractivity contribution in [3.63, 3.8) is 0 Å². The van der Waals surface area contributed by atoms with E-state index in [1.165, 1.54) is 199 Å². The Morgan fingerprint density at radius 2 is 0.817 bits per heavy atom. The molecule has 0 aliphatic rings. The summed E-state index contributed by atoms with van der Waals surface area (Å²) in [4.78, 5) is 35.0. The molecule has 0 radical (unpaired) electrons. The summed E-state index contributed by atoms with van der Waals surface area (Å²) >= 11 is 0. The van der Waals surface area contributed by atoms with Crippen molar-refractivity contribution in [2.45, 2.75) is 270 Å². The van der Waals surface area contributed by atoms with Crippen LogP contribution in [0.25, 0.3) is 0 Å². The summed E-state index contributed by atoms with van der Waals surface area (Å²) in [6.45, 7) is 3.79. The topological polar surface area (TPSA) is 134 Å². The van der Waals surface area contributed by atoms with Gasteiger partial charge < -0.3 is 20.1 Å². The standard InChI is InChI=1S/C50H98NO8P/c1-3-5-7-9-11-13-15-17-19-21-23-24-25-27-28-30-32-34-36-38-40-42-49(52)56-46-48(47-58-60(54,55)57-45-44-51)59-50(53)43-41-39-37-35-33-31-29-26-22-20-18-16-14-12-10-8-6-4-2/h17,19,48H,3-16,18,20-47,51H2,1-2H3,(H,54,55)/b19-17+/t48-/m1/s1. The van der Waals surface area contributed by atoms with Crippen molar-refractivity contribution in [2.24, 2.45) is 5.73 Å². The molecule has 0 aromatic rings. The number of nitrogens with two attached hydrogens (primary N) is 1. The lowest BCUT2D eigenvalue weighted by atomic mass is 10.0. The maximum absolute atomic E-state index is 12.6. The number of hydrogen-bond donors (Lipinski definition) is 2. The van der Waals surface area contributed by atoms with Crippen LogP contribution in [0.1, 0.15) is 264 Å². The second-order valence-corrected chi connectivity index (χ2v) is 18.9. The molecule has 0 fully saturated rings. The van der Waals surface area contributed by atoms with Crippen LogP contribution in [0.2, 0.25) is 0 Å². The van der Waals surface area contributed by atoms with E-state index < -0.39 is 26.5 Å². The molecular weight excluding hydrogens is 774 g/mol. The number of unbranched alkanes of at least 4 members (excludes halogenated alkanes) is 34.